The van der Waals surface area contributed by atoms with Gasteiger partial charge in [-0.05, 0) is 19.3 Å². The minimum Gasteiger partial charge on any atom is -0.469 e. The van der Waals surface area contributed by atoms with E-state index in [1.165, 1.54) is 0 Å². The van der Waals surface area contributed by atoms with E-state index in [1.54, 1.807) is 0 Å². The summed E-state index contributed by atoms with van der Waals surface area (Å²) < 4.78 is 30.3. The van der Waals surface area contributed by atoms with Crippen LogP contribution in [0.3, 0.4) is 0 Å². The van der Waals surface area contributed by atoms with Crippen LogP contribution in [0.1, 0.15) is 19.3 Å². The molecule has 2 unspecified atom stereocenters. The fraction of sp³-hybridized carbons (Fsp3) is 0.875. The Morgan fingerprint density at radius 2 is 1.83 bits per heavy atom. The molecule has 0 aromatic carbocycles. The summed E-state index contributed by atoms with van der Waals surface area (Å²) in [6.07, 6.45) is -1.71. The predicted molar refractivity (Wildman–Crippen MR) is 39.1 cm³/mol. The first-order valence-electron chi connectivity index (χ1n) is 4.02. The molecule has 1 saturated carbocycles. The van der Waals surface area contributed by atoms with Gasteiger partial charge in [0.1, 0.15) is 18.3 Å². The Morgan fingerprint density at radius 3 is 2.25 bits per heavy atom. The Balaban J connectivity index is 2.62. The lowest BCUT2D eigenvalue weighted by atomic mass is 9.86. The van der Waals surface area contributed by atoms with Crippen LogP contribution in [0.25, 0.3) is 0 Å². The van der Waals surface area contributed by atoms with Crippen molar-refractivity contribution in [1.82, 2.24) is 0 Å². The van der Waals surface area contributed by atoms with E-state index in [4.69, 9.17) is 0 Å². The molecule has 0 spiro atoms. The van der Waals surface area contributed by atoms with Crippen molar-refractivity contribution >= 4 is 5.97 Å². The van der Waals surface area contributed by atoms with Gasteiger partial charge in [-0.1, -0.05) is 0 Å². The quantitative estimate of drug-likeness (QED) is 0.570. The van der Waals surface area contributed by atoms with Gasteiger partial charge in [0.2, 0.25) is 0 Å². The third kappa shape index (κ3) is 1.73. The highest BCUT2D eigenvalue weighted by atomic mass is 19.1. The topological polar surface area (TPSA) is 26.3 Å². The summed E-state index contributed by atoms with van der Waals surface area (Å²) in [4.78, 5) is 10.9. The van der Waals surface area contributed by atoms with E-state index < -0.39 is 24.2 Å². The lowest BCUT2D eigenvalue weighted by Gasteiger charge is -2.26. The summed E-state index contributed by atoms with van der Waals surface area (Å²) in [5.41, 5.74) is 0. The molecule has 0 heterocycles. The Kier molecular flexibility index (Phi) is 3.00. The SMILES string of the molecule is COC(=O)C1C(F)CCCC1F. The maximum absolute atomic E-state index is 13.0. The second-order valence-electron chi connectivity index (χ2n) is 3.01. The van der Waals surface area contributed by atoms with E-state index in [9.17, 15) is 13.6 Å². The molecule has 0 N–H and O–H groups in total. The van der Waals surface area contributed by atoms with Crippen LogP contribution in [0.15, 0.2) is 0 Å². The lowest BCUT2D eigenvalue weighted by Crippen LogP contribution is -2.37. The largest absolute Gasteiger partial charge is 0.469 e. The average Bonchev–Trinajstić information content (AvgIpc) is 2.03. The molecule has 1 aliphatic rings. The van der Waals surface area contributed by atoms with Gasteiger partial charge in [-0.3, -0.25) is 4.79 Å². The van der Waals surface area contributed by atoms with Crippen molar-refractivity contribution in [2.24, 2.45) is 5.92 Å². The minimum absolute atomic E-state index is 0.264. The van der Waals surface area contributed by atoms with Crippen LogP contribution in [0.2, 0.25) is 0 Å². The van der Waals surface area contributed by atoms with Gasteiger partial charge in [-0.15, -0.1) is 0 Å². The first-order valence-corrected chi connectivity index (χ1v) is 4.02. The van der Waals surface area contributed by atoms with Gasteiger partial charge in [-0.2, -0.15) is 0 Å². The first kappa shape index (κ1) is 9.42. The molecule has 4 heteroatoms. The zero-order chi connectivity index (χ0) is 9.14. The zero-order valence-electron chi connectivity index (χ0n) is 6.93. The van der Waals surface area contributed by atoms with E-state index >= 15 is 0 Å². The van der Waals surface area contributed by atoms with Gasteiger partial charge in [0, 0.05) is 0 Å². The molecule has 1 aliphatic carbocycles. The molecule has 0 aromatic heterocycles. The molecule has 2 atom stereocenters. The van der Waals surface area contributed by atoms with Gasteiger partial charge < -0.3 is 4.74 Å². The van der Waals surface area contributed by atoms with E-state index in [-0.39, 0.29) is 12.8 Å². The van der Waals surface area contributed by atoms with Crippen LogP contribution in [-0.2, 0) is 9.53 Å². The fourth-order valence-corrected chi connectivity index (χ4v) is 1.52. The number of carbonyl (C=O) groups is 1. The zero-order valence-corrected chi connectivity index (χ0v) is 6.93. The standard InChI is InChI=1S/C8H12F2O2/c1-12-8(11)7-5(9)3-2-4-6(7)10/h5-7H,2-4H2,1H3. The van der Waals surface area contributed by atoms with Gasteiger partial charge in [0.15, 0.2) is 0 Å². The number of esters is 1. The van der Waals surface area contributed by atoms with Crippen molar-refractivity contribution in [3.05, 3.63) is 0 Å². The average molecular weight is 178 g/mol. The summed E-state index contributed by atoms with van der Waals surface area (Å²) >= 11 is 0. The summed E-state index contributed by atoms with van der Waals surface area (Å²) in [6.45, 7) is 0. The maximum Gasteiger partial charge on any atom is 0.314 e. The van der Waals surface area contributed by atoms with Crippen LogP contribution in [0.5, 0.6) is 0 Å². The van der Waals surface area contributed by atoms with E-state index in [0.29, 0.717) is 6.42 Å². The molecule has 0 amide bonds. The summed E-state index contributed by atoms with van der Waals surface area (Å²) in [7, 11) is 1.15. The molecule has 2 nitrogen and oxygen atoms in total. The van der Waals surface area contributed by atoms with Crippen molar-refractivity contribution in [2.45, 2.75) is 31.6 Å². The molecule has 0 saturated heterocycles. The molecule has 12 heavy (non-hydrogen) atoms. The number of methoxy groups -OCH3 is 1. The summed E-state index contributed by atoms with van der Waals surface area (Å²) in [5.74, 6) is -1.96. The van der Waals surface area contributed by atoms with E-state index in [0.717, 1.165) is 7.11 Å². The number of halogens is 2. The molecule has 0 aliphatic heterocycles. The molecule has 70 valence electrons. The molecule has 1 rings (SSSR count). The highest BCUT2D eigenvalue weighted by Crippen LogP contribution is 2.30. The van der Waals surface area contributed by atoms with Crippen LogP contribution >= 0.6 is 0 Å². The maximum atomic E-state index is 13.0. The van der Waals surface area contributed by atoms with Crippen LogP contribution in [0.4, 0.5) is 8.78 Å². The molecular formula is C8H12F2O2. The van der Waals surface area contributed by atoms with Crippen molar-refractivity contribution in [2.75, 3.05) is 7.11 Å². The highest BCUT2D eigenvalue weighted by Gasteiger charge is 2.39. The predicted octanol–water partition coefficient (Wildman–Crippen LogP) is 1.64. The number of carbonyl (C=O) groups excluding carboxylic acids is 1. The van der Waals surface area contributed by atoms with Gasteiger partial charge >= 0.3 is 5.97 Å². The number of hydrogen-bond acceptors (Lipinski definition) is 2. The number of rotatable bonds is 1. The number of alkyl halides is 2. The van der Waals surface area contributed by atoms with Crippen molar-refractivity contribution in [1.29, 1.82) is 0 Å². The third-order valence-electron chi connectivity index (χ3n) is 2.21. The Morgan fingerprint density at radius 1 is 1.33 bits per heavy atom. The van der Waals surface area contributed by atoms with Crippen molar-refractivity contribution in [3.8, 4) is 0 Å². The van der Waals surface area contributed by atoms with Crippen LogP contribution < -0.4 is 0 Å². The van der Waals surface area contributed by atoms with Gasteiger partial charge in [0.25, 0.3) is 0 Å². The lowest BCUT2D eigenvalue weighted by molar-refractivity contribution is -0.152. The smallest absolute Gasteiger partial charge is 0.314 e. The van der Waals surface area contributed by atoms with Crippen molar-refractivity contribution in [3.63, 3.8) is 0 Å². The monoisotopic (exact) mass is 178 g/mol. The molecule has 0 radical (unpaired) electrons. The second kappa shape index (κ2) is 3.83. The third-order valence-corrected chi connectivity index (χ3v) is 2.21. The Labute approximate surface area is 69.9 Å². The Hall–Kier alpha value is -0.670. The Bertz CT molecular complexity index is 162. The van der Waals surface area contributed by atoms with E-state index in [2.05, 4.69) is 4.74 Å². The second-order valence-corrected chi connectivity index (χ2v) is 3.01. The molecule has 1 fully saturated rings. The minimum atomic E-state index is -1.37. The molecular weight excluding hydrogens is 166 g/mol. The normalized spacial score (nSPS) is 36.1. The van der Waals surface area contributed by atoms with Crippen LogP contribution in [-0.4, -0.2) is 25.4 Å². The van der Waals surface area contributed by atoms with Crippen LogP contribution in [0, 0.1) is 5.92 Å². The van der Waals surface area contributed by atoms with Crippen molar-refractivity contribution < 1.29 is 18.3 Å². The number of ether oxygens (including phenoxy) is 1. The van der Waals surface area contributed by atoms with E-state index in [1.807, 2.05) is 0 Å². The molecule has 0 aromatic rings. The van der Waals surface area contributed by atoms with Gasteiger partial charge in [-0.25, -0.2) is 8.78 Å². The summed E-state index contributed by atoms with van der Waals surface area (Å²) in [6, 6.07) is 0. The fourth-order valence-electron chi connectivity index (χ4n) is 1.52. The summed E-state index contributed by atoms with van der Waals surface area (Å²) in [5, 5.41) is 0. The molecule has 0 bridgehead atoms. The highest BCUT2D eigenvalue weighted by molar-refractivity contribution is 5.73. The van der Waals surface area contributed by atoms with Gasteiger partial charge in [0.05, 0.1) is 7.11 Å². The number of hydrogen-bond donors (Lipinski definition) is 0. The first-order chi connectivity index (χ1) is 5.66.